The van der Waals surface area contributed by atoms with Gasteiger partial charge < -0.3 is 4.42 Å². The molecule has 0 spiro atoms. The van der Waals surface area contributed by atoms with Gasteiger partial charge in [-0.05, 0) is 12.1 Å². The first kappa shape index (κ1) is 16.6. The summed E-state index contributed by atoms with van der Waals surface area (Å²) in [4.78, 5) is 4.06. The summed E-state index contributed by atoms with van der Waals surface area (Å²) in [6.07, 6.45) is -1.38. The van der Waals surface area contributed by atoms with E-state index in [-0.39, 0.29) is 15.5 Å². The topological polar surface area (TPSA) is 60.2 Å². The van der Waals surface area contributed by atoms with E-state index in [9.17, 15) is 17.2 Å². The van der Waals surface area contributed by atoms with Gasteiger partial charge in [0.1, 0.15) is 10.4 Å². The number of halogens is 3. The Kier molecular flexibility index (Phi) is 3.54. The van der Waals surface area contributed by atoms with Gasteiger partial charge in [0.2, 0.25) is 5.89 Å². The summed E-state index contributed by atoms with van der Waals surface area (Å²) in [7, 11) is -4.01. The second-order valence-electron chi connectivity index (χ2n) is 6.92. The highest BCUT2D eigenvalue weighted by atomic mass is 35.5. The lowest BCUT2D eigenvalue weighted by molar-refractivity contribution is -0.0685. The molecule has 2 aromatic rings. The van der Waals surface area contributed by atoms with Gasteiger partial charge in [-0.25, -0.2) is 22.2 Å². The molecule has 0 atom stereocenters. The maximum atomic E-state index is 13.1. The van der Waals surface area contributed by atoms with Gasteiger partial charge in [0, 0.05) is 18.3 Å². The number of rotatable bonds is 2. The van der Waals surface area contributed by atoms with E-state index in [1.807, 2.05) is 20.8 Å². The molecule has 8 heteroatoms. The van der Waals surface area contributed by atoms with E-state index in [1.54, 1.807) is 6.07 Å². The van der Waals surface area contributed by atoms with Crippen LogP contribution in [0.5, 0.6) is 0 Å². The number of nitrogens with zero attached hydrogens (tertiary/aromatic N) is 1. The van der Waals surface area contributed by atoms with Crippen LogP contribution in [0.3, 0.4) is 0 Å². The average molecular weight is 364 g/mol. The van der Waals surface area contributed by atoms with Gasteiger partial charge in [0.25, 0.3) is 5.92 Å². The fourth-order valence-corrected chi connectivity index (χ4v) is 5.00. The molecule has 0 amide bonds. The highest BCUT2D eigenvalue weighted by Crippen LogP contribution is 2.46. The SMILES string of the molecule is CC(C)(C)c1nc2ccc(Cl)c(S(=O)(=O)C3CC(F)(F)C3)c2o1. The third-order valence-electron chi connectivity index (χ3n) is 3.88. The van der Waals surface area contributed by atoms with Crippen molar-refractivity contribution in [3.8, 4) is 0 Å². The molecule has 1 aromatic heterocycles. The molecule has 1 heterocycles. The van der Waals surface area contributed by atoms with E-state index >= 15 is 0 Å². The Morgan fingerprint density at radius 2 is 1.91 bits per heavy atom. The zero-order chi connectivity index (χ0) is 17.2. The summed E-state index contributed by atoms with van der Waals surface area (Å²) in [5, 5.41) is -1.19. The smallest absolute Gasteiger partial charge is 0.250 e. The van der Waals surface area contributed by atoms with Crippen molar-refractivity contribution in [2.24, 2.45) is 0 Å². The predicted octanol–water partition coefficient (Wildman–Crippen LogP) is 4.35. The monoisotopic (exact) mass is 363 g/mol. The average Bonchev–Trinajstić information content (AvgIpc) is 2.78. The molecule has 0 aliphatic heterocycles. The van der Waals surface area contributed by atoms with Crippen LogP contribution in [0.15, 0.2) is 21.4 Å². The van der Waals surface area contributed by atoms with Crippen molar-refractivity contribution in [2.45, 2.75) is 55.1 Å². The van der Waals surface area contributed by atoms with Crippen molar-refractivity contribution in [3.63, 3.8) is 0 Å². The number of sulfone groups is 1. The molecule has 1 saturated carbocycles. The Morgan fingerprint density at radius 1 is 1.30 bits per heavy atom. The lowest BCUT2D eigenvalue weighted by Gasteiger charge is -2.34. The number of benzene rings is 1. The van der Waals surface area contributed by atoms with Crippen LogP contribution < -0.4 is 0 Å². The van der Waals surface area contributed by atoms with Crippen molar-refractivity contribution in [2.75, 3.05) is 0 Å². The lowest BCUT2D eigenvalue weighted by Crippen LogP contribution is -2.44. The third kappa shape index (κ3) is 2.74. The van der Waals surface area contributed by atoms with Crippen LogP contribution in [0, 0.1) is 0 Å². The number of alkyl halides is 2. The molecule has 0 radical (unpaired) electrons. The van der Waals surface area contributed by atoms with Crippen LogP contribution in [0.4, 0.5) is 8.78 Å². The van der Waals surface area contributed by atoms with Crippen LogP contribution in [-0.4, -0.2) is 24.6 Å². The minimum Gasteiger partial charge on any atom is -0.439 e. The Bertz CT molecular complexity index is 876. The number of aromatic nitrogens is 1. The first-order valence-electron chi connectivity index (χ1n) is 7.13. The van der Waals surface area contributed by atoms with Gasteiger partial charge >= 0.3 is 0 Å². The number of fused-ring (bicyclic) bond motifs is 1. The van der Waals surface area contributed by atoms with E-state index in [4.69, 9.17) is 16.0 Å². The maximum Gasteiger partial charge on any atom is 0.250 e. The standard InChI is InChI=1S/C15H16ClF2NO3S/c1-14(2,3)13-19-10-5-4-9(16)12(11(10)22-13)23(20,21)8-6-15(17,18)7-8/h4-5,8H,6-7H2,1-3H3. The molecule has 23 heavy (non-hydrogen) atoms. The van der Waals surface area contributed by atoms with Gasteiger partial charge in [0.05, 0.1) is 10.3 Å². The van der Waals surface area contributed by atoms with Gasteiger partial charge in [0.15, 0.2) is 15.4 Å². The molecular formula is C15H16ClF2NO3S. The Labute approximate surface area is 137 Å². The number of hydrogen-bond donors (Lipinski definition) is 0. The Hall–Kier alpha value is -1.21. The third-order valence-corrected chi connectivity index (χ3v) is 6.49. The van der Waals surface area contributed by atoms with Crippen LogP contribution in [-0.2, 0) is 15.3 Å². The van der Waals surface area contributed by atoms with Gasteiger partial charge in [-0.15, -0.1) is 0 Å². The zero-order valence-corrected chi connectivity index (χ0v) is 14.4. The van der Waals surface area contributed by atoms with Crippen molar-refractivity contribution in [1.29, 1.82) is 0 Å². The van der Waals surface area contributed by atoms with Crippen LogP contribution in [0.2, 0.25) is 5.02 Å². The minimum atomic E-state index is -4.01. The summed E-state index contributed by atoms with van der Waals surface area (Å²) in [5.41, 5.74) is -0.0302. The van der Waals surface area contributed by atoms with Gasteiger partial charge in [-0.2, -0.15) is 0 Å². The van der Waals surface area contributed by atoms with Crippen molar-refractivity contribution in [1.82, 2.24) is 4.98 Å². The molecule has 4 nitrogen and oxygen atoms in total. The highest BCUT2D eigenvalue weighted by Gasteiger charge is 2.52. The molecule has 3 rings (SSSR count). The highest BCUT2D eigenvalue weighted by molar-refractivity contribution is 7.92. The molecule has 1 aliphatic carbocycles. The molecule has 1 fully saturated rings. The van der Waals surface area contributed by atoms with Gasteiger partial charge in [-0.3, -0.25) is 0 Å². The van der Waals surface area contributed by atoms with E-state index in [0.29, 0.717) is 11.4 Å². The number of oxazole rings is 1. The molecule has 0 bridgehead atoms. The quantitative estimate of drug-likeness (QED) is 0.795. The van der Waals surface area contributed by atoms with E-state index < -0.39 is 39.3 Å². The normalized spacial score (nSPS) is 19.0. The second-order valence-corrected chi connectivity index (χ2v) is 9.50. The summed E-state index contributed by atoms with van der Waals surface area (Å²) >= 11 is 6.05. The predicted molar refractivity (Wildman–Crippen MR) is 82.9 cm³/mol. The molecular weight excluding hydrogens is 348 g/mol. The Balaban J connectivity index is 2.17. The molecule has 1 aliphatic rings. The first-order chi connectivity index (χ1) is 10.4. The van der Waals surface area contributed by atoms with Crippen LogP contribution in [0.1, 0.15) is 39.5 Å². The van der Waals surface area contributed by atoms with Crippen LogP contribution >= 0.6 is 11.6 Å². The van der Waals surface area contributed by atoms with Crippen molar-refractivity contribution < 1.29 is 21.6 Å². The largest absolute Gasteiger partial charge is 0.439 e. The van der Waals surface area contributed by atoms with Crippen molar-refractivity contribution >= 4 is 32.5 Å². The fourth-order valence-electron chi connectivity index (χ4n) is 2.52. The lowest BCUT2D eigenvalue weighted by atomic mass is 9.94. The van der Waals surface area contributed by atoms with E-state index in [0.717, 1.165) is 0 Å². The summed E-state index contributed by atoms with van der Waals surface area (Å²) in [5.74, 6) is -2.57. The fraction of sp³-hybridized carbons (Fsp3) is 0.533. The Morgan fingerprint density at radius 3 is 2.43 bits per heavy atom. The molecule has 0 saturated heterocycles. The van der Waals surface area contributed by atoms with E-state index in [2.05, 4.69) is 4.98 Å². The summed E-state index contributed by atoms with van der Waals surface area (Å²) in [6, 6.07) is 2.97. The summed E-state index contributed by atoms with van der Waals surface area (Å²) < 4.78 is 57.2. The second kappa shape index (κ2) is 4.89. The van der Waals surface area contributed by atoms with Crippen molar-refractivity contribution in [3.05, 3.63) is 23.0 Å². The zero-order valence-electron chi connectivity index (χ0n) is 12.9. The molecule has 1 aromatic carbocycles. The van der Waals surface area contributed by atoms with E-state index in [1.165, 1.54) is 6.07 Å². The summed E-state index contributed by atoms with van der Waals surface area (Å²) in [6.45, 7) is 5.62. The van der Waals surface area contributed by atoms with Gasteiger partial charge in [-0.1, -0.05) is 32.4 Å². The molecule has 0 unspecified atom stereocenters. The number of hydrogen-bond acceptors (Lipinski definition) is 4. The first-order valence-corrected chi connectivity index (χ1v) is 9.05. The minimum absolute atomic E-state index is 0.0377. The van der Waals surface area contributed by atoms with Crippen LogP contribution in [0.25, 0.3) is 11.1 Å². The maximum absolute atomic E-state index is 13.1. The molecule has 0 N–H and O–H groups in total. The molecule has 126 valence electrons.